The van der Waals surface area contributed by atoms with E-state index in [1.165, 1.54) is 0 Å². The summed E-state index contributed by atoms with van der Waals surface area (Å²) in [6, 6.07) is 0. The number of carbonyl (C=O) groups excluding carboxylic acids is 1. The molecule has 16 heavy (non-hydrogen) atoms. The third kappa shape index (κ3) is 9.13. The summed E-state index contributed by atoms with van der Waals surface area (Å²) in [6.45, 7) is 5.30. The summed E-state index contributed by atoms with van der Waals surface area (Å²) in [6.07, 6.45) is 5.44. The third-order valence-corrected chi connectivity index (χ3v) is 2.40. The summed E-state index contributed by atoms with van der Waals surface area (Å²) in [4.78, 5) is 11.0. The lowest BCUT2D eigenvalue weighted by atomic mass is 10.3. The standard InChI is InChI=1S/C12H23ClO3/c1-3-5-7-9-15-12(11(13)14)16-10-8-6-4-2/h12H,3-10H2,1-2H3. The van der Waals surface area contributed by atoms with E-state index >= 15 is 0 Å². The Kier molecular flexibility index (Phi) is 11.3. The highest BCUT2D eigenvalue weighted by molar-refractivity contribution is 6.64. The van der Waals surface area contributed by atoms with Crippen LogP contribution >= 0.6 is 11.6 Å². The second-order valence-corrected chi connectivity index (χ2v) is 4.16. The fraction of sp³-hybridized carbons (Fsp3) is 0.917. The summed E-state index contributed by atoms with van der Waals surface area (Å²) in [5.74, 6) is 0. The molecule has 4 heteroatoms. The molecule has 0 rings (SSSR count). The van der Waals surface area contributed by atoms with Crippen molar-refractivity contribution in [3.63, 3.8) is 0 Å². The van der Waals surface area contributed by atoms with E-state index in [0.29, 0.717) is 13.2 Å². The number of rotatable bonds is 11. The average Bonchev–Trinajstić information content (AvgIpc) is 2.26. The Morgan fingerprint density at radius 3 is 1.75 bits per heavy atom. The summed E-state index contributed by atoms with van der Waals surface area (Å²) in [5, 5.41) is -0.562. The molecule has 0 unspecified atom stereocenters. The first-order valence-corrected chi connectivity index (χ1v) is 6.52. The van der Waals surface area contributed by atoms with Gasteiger partial charge in [-0.2, -0.15) is 0 Å². The molecule has 3 nitrogen and oxygen atoms in total. The van der Waals surface area contributed by atoms with Gasteiger partial charge >= 0.3 is 0 Å². The monoisotopic (exact) mass is 250 g/mol. The zero-order chi connectivity index (χ0) is 12.2. The van der Waals surface area contributed by atoms with Crippen molar-refractivity contribution in [2.24, 2.45) is 0 Å². The SMILES string of the molecule is CCCCCOC(OCCCCC)C(=O)Cl. The number of halogens is 1. The van der Waals surface area contributed by atoms with Crippen molar-refractivity contribution >= 4 is 16.8 Å². The molecular formula is C12H23ClO3. The lowest BCUT2D eigenvalue weighted by Gasteiger charge is -2.14. The predicted octanol–water partition coefficient (Wildman–Crippen LogP) is 3.49. The number of hydrogen-bond donors (Lipinski definition) is 0. The van der Waals surface area contributed by atoms with Gasteiger partial charge in [0.15, 0.2) is 0 Å². The van der Waals surface area contributed by atoms with Gasteiger partial charge < -0.3 is 9.47 Å². The van der Waals surface area contributed by atoms with Gasteiger partial charge in [0.1, 0.15) is 0 Å². The van der Waals surface area contributed by atoms with Crippen LogP contribution < -0.4 is 0 Å². The van der Waals surface area contributed by atoms with Gasteiger partial charge in [0.2, 0.25) is 6.29 Å². The third-order valence-electron chi connectivity index (χ3n) is 2.22. The van der Waals surface area contributed by atoms with Crippen LogP contribution in [-0.2, 0) is 14.3 Å². The highest BCUT2D eigenvalue weighted by Gasteiger charge is 2.16. The van der Waals surface area contributed by atoms with E-state index in [9.17, 15) is 4.79 Å². The molecule has 0 aliphatic rings. The van der Waals surface area contributed by atoms with Crippen molar-refractivity contribution in [1.82, 2.24) is 0 Å². The average molecular weight is 251 g/mol. The fourth-order valence-corrected chi connectivity index (χ4v) is 1.39. The van der Waals surface area contributed by atoms with E-state index in [0.717, 1.165) is 38.5 Å². The van der Waals surface area contributed by atoms with Gasteiger partial charge in [0.05, 0.1) is 13.2 Å². The van der Waals surface area contributed by atoms with Crippen molar-refractivity contribution in [3.05, 3.63) is 0 Å². The highest BCUT2D eigenvalue weighted by Crippen LogP contribution is 2.05. The Hall–Kier alpha value is -0.120. The molecule has 0 amide bonds. The summed E-state index contributed by atoms with van der Waals surface area (Å²) in [7, 11) is 0. The van der Waals surface area contributed by atoms with Gasteiger partial charge in [0.25, 0.3) is 5.24 Å². The molecule has 0 saturated carbocycles. The van der Waals surface area contributed by atoms with Crippen molar-refractivity contribution in [1.29, 1.82) is 0 Å². The smallest absolute Gasteiger partial charge is 0.278 e. The molecule has 0 heterocycles. The molecule has 0 fully saturated rings. The second-order valence-electron chi connectivity index (χ2n) is 3.79. The van der Waals surface area contributed by atoms with Crippen LogP contribution in [0.15, 0.2) is 0 Å². The molecule has 0 aliphatic heterocycles. The first kappa shape index (κ1) is 15.9. The van der Waals surface area contributed by atoms with E-state index in [-0.39, 0.29) is 0 Å². The van der Waals surface area contributed by atoms with Gasteiger partial charge in [-0.15, -0.1) is 0 Å². The van der Waals surface area contributed by atoms with Crippen molar-refractivity contribution < 1.29 is 14.3 Å². The van der Waals surface area contributed by atoms with Crippen LogP contribution in [0.5, 0.6) is 0 Å². The number of ether oxygens (including phenoxy) is 2. The van der Waals surface area contributed by atoms with E-state index in [1.54, 1.807) is 0 Å². The molecule has 0 spiro atoms. The Labute approximate surface area is 103 Å². The highest BCUT2D eigenvalue weighted by atomic mass is 35.5. The minimum absolute atomic E-state index is 0.532. The van der Waals surface area contributed by atoms with Crippen molar-refractivity contribution in [2.45, 2.75) is 58.7 Å². The van der Waals surface area contributed by atoms with Crippen LogP contribution in [0.25, 0.3) is 0 Å². The molecule has 0 N–H and O–H groups in total. The predicted molar refractivity (Wildman–Crippen MR) is 65.6 cm³/mol. The van der Waals surface area contributed by atoms with Crippen LogP contribution in [0.4, 0.5) is 0 Å². The number of carbonyl (C=O) groups is 1. The zero-order valence-corrected chi connectivity index (χ0v) is 11.1. The lowest BCUT2D eigenvalue weighted by Crippen LogP contribution is -2.25. The zero-order valence-electron chi connectivity index (χ0n) is 10.3. The maximum Gasteiger partial charge on any atom is 0.278 e. The van der Waals surface area contributed by atoms with Gasteiger partial charge in [-0.25, -0.2) is 0 Å². The number of hydrogen-bond acceptors (Lipinski definition) is 3. The number of unbranched alkanes of at least 4 members (excludes halogenated alkanes) is 4. The summed E-state index contributed by atoms with van der Waals surface area (Å²) < 4.78 is 10.6. The Morgan fingerprint density at radius 2 is 1.44 bits per heavy atom. The van der Waals surface area contributed by atoms with Gasteiger partial charge in [-0.1, -0.05) is 39.5 Å². The lowest BCUT2D eigenvalue weighted by molar-refractivity contribution is -0.162. The van der Waals surface area contributed by atoms with Crippen molar-refractivity contribution in [3.8, 4) is 0 Å². The Balaban J connectivity index is 3.59. The van der Waals surface area contributed by atoms with Crippen LogP contribution in [-0.4, -0.2) is 24.7 Å². The van der Waals surface area contributed by atoms with Crippen LogP contribution in [0.1, 0.15) is 52.4 Å². The molecule has 0 radical (unpaired) electrons. The molecule has 96 valence electrons. The van der Waals surface area contributed by atoms with Crippen molar-refractivity contribution in [2.75, 3.05) is 13.2 Å². The van der Waals surface area contributed by atoms with Crippen LogP contribution in [0.2, 0.25) is 0 Å². The second kappa shape index (κ2) is 11.4. The minimum atomic E-state index is -0.879. The molecule has 0 aliphatic carbocycles. The van der Waals surface area contributed by atoms with E-state index in [2.05, 4.69) is 13.8 Å². The van der Waals surface area contributed by atoms with Gasteiger partial charge in [-0.05, 0) is 24.4 Å². The van der Waals surface area contributed by atoms with Gasteiger partial charge in [0, 0.05) is 0 Å². The maximum atomic E-state index is 11.0. The Bertz CT molecular complexity index is 162. The topological polar surface area (TPSA) is 35.5 Å². The van der Waals surface area contributed by atoms with E-state index in [1.807, 2.05) is 0 Å². The van der Waals surface area contributed by atoms with E-state index < -0.39 is 11.5 Å². The maximum absolute atomic E-state index is 11.0. The molecule has 0 aromatic heterocycles. The van der Waals surface area contributed by atoms with E-state index in [4.69, 9.17) is 21.1 Å². The molecule has 0 aromatic carbocycles. The largest absolute Gasteiger partial charge is 0.345 e. The first-order chi connectivity index (χ1) is 7.72. The van der Waals surface area contributed by atoms with Crippen LogP contribution in [0.3, 0.4) is 0 Å². The molecule has 0 aromatic rings. The molecule has 0 saturated heterocycles. The normalized spacial score (nSPS) is 11.0. The minimum Gasteiger partial charge on any atom is -0.345 e. The molecule has 0 atom stereocenters. The quantitative estimate of drug-likeness (QED) is 0.320. The molecular weight excluding hydrogens is 228 g/mol. The summed E-state index contributed by atoms with van der Waals surface area (Å²) in [5.41, 5.74) is 0. The summed E-state index contributed by atoms with van der Waals surface area (Å²) >= 11 is 5.38. The Morgan fingerprint density at radius 1 is 1.00 bits per heavy atom. The first-order valence-electron chi connectivity index (χ1n) is 6.14. The van der Waals surface area contributed by atoms with Gasteiger partial charge in [-0.3, -0.25) is 4.79 Å². The fourth-order valence-electron chi connectivity index (χ4n) is 1.26. The van der Waals surface area contributed by atoms with Crippen LogP contribution in [0, 0.1) is 0 Å². The molecule has 0 bridgehead atoms.